The molecule has 2 heterocycles. The van der Waals surface area contributed by atoms with Crippen LogP contribution in [0.2, 0.25) is 0 Å². The molecule has 5 heteroatoms. The van der Waals surface area contributed by atoms with Gasteiger partial charge in [-0.1, -0.05) is 32.0 Å². The maximum absolute atomic E-state index is 12.1. The standard InChI is InChI=1S/C22H29N3O2/c1-17(2)19-6-8-20(9-7-19)27-16-22(26)24-15-18-10-13-25(14-11-18)21-5-3-4-12-23-21/h3-9,12,17-18H,10-11,13-16H2,1-2H3,(H,24,26). The van der Waals surface area contributed by atoms with Crippen LogP contribution < -0.4 is 15.0 Å². The normalized spacial score (nSPS) is 15.0. The van der Waals surface area contributed by atoms with Gasteiger partial charge in [0, 0.05) is 25.8 Å². The largest absolute Gasteiger partial charge is 0.484 e. The van der Waals surface area contributed by atoms with Crippen LogP contribution in [0, 0.1) is 5.92 Å². The third-order valence-electron chi connectivity index (χ3n) is 5.09. The number of hydrogen-bond acceptors (Lipinski definition) is 4. The molecule has 1 saturated heterocycles. The quantitative estimate of drug-likeness (QED) is 0.812. The van der Waals surface area contributed by atoms with E-state index in [1.54, 1.807) is 0 Å². The number of anilines is 1. The van der Waals surface area contributed by atoms with Gasteiger partial charge in [-0.3, -0.25) is 4.79 Å². The van der Waals surface area contributed by atoms with Crippen LogP contribution in [0.4, 0.5) is 5.82 Å². The van der Waals surface area contributed by atoms with E-state index >= 15 is 0 Å². The van der Waals surface area contributed by atoms with Crippen molar-refractivity contribution in [1.82, 2.24) is 10.3 Å². The summed E-state index contributed by atoms with van der Waals surface area (Å²) in [7, 11) is 0. The Morgan fingerprint density at radius 3 is 2.56 bits per heavy atom. The number of carbonyl (C=O) groups excluding carboxylic acids is 1. The molecule has 1 fully saturated rings. The zero-order chi connectivity index (χ0) is 19.1. The summed E-state index contributed by atoms with van der Waals surface area (Å²) < 4.78 is 5.59. The van der Waals surface area contributed by atoms with Gasteiger partial charge in [0.25, 0.3) is 5.91 Å². The van der Waals surface area contributed by atoms with Crippen molar-refractivity contribution >= 4 is 11.7 Å². The Bertz CT molecular complexity index is 708. The number of carbonyl (C=O) groups is 1. The Labute approximate surface area is 161 Å². The van der Waals surface area contributed by atoms with Crippen molar-refractivity contribution in [2.24, 2.45) is 5.92 Å². The van der Waals surface area contributed by atoms with Gasteiger partial charge in [0.05, 0.1) is 0 Å². The number of nitrogens with zero attached hydrogens (tertiary/aromatic N) is 2. The molecule has 0 aliphatic carbocycles. The summed E-state index contributed by atoms with van der Waals surface area (Å²) in [5, 5.41) is 3.01. The summed E-state index contributed by atoms with van der Waals surface area (Å²) >= 11 is 0. The molecule has 0 unspecified atom stereocenters. The smallest absolute Gasteiger partial charge is 0.257 e. The van der Waals surface area contributed by atoms with Gasteiger partial charge in [0.15, 0.2) is 6.61 Å². The molecule has 1 aromatic carbocycles. The molecule has 5 nitrogen and oxygen atoms in total. The molecule has 1 aliphatic rings. The molecule has 27 heavy (non-hydrogen) atoms. The van der Waals surface area contributed by atoms with E-state index in [0.29, 0.717) is 18.4 Å². The molecule has 0 bridgehead atoms. The lowest BCUT2D eigenvalue weighted by Crippen LogP contribution is -2.40. The molecule has 0 spiro atoms. The fourth-order valence-electron chi connectivity index (χ4n) is 3.31. The van der Waals surface area contributed by atoms with Crippen LogP contribution in [0.25, 0.3) is 0 Å². The van der Waals surface area contributed by atoms with Gasteiger partial charge in [0.1, 0.15) is 11.6 Å². The van der Waals surface area contributed by atoms with Crippen molar-refractivity contribution in [2.45, 2.75) is 32.6 Å². The molecular formula is C22H29N3O2. The van der Waals surface area contributed by atoms with E-state index in [1.165, 1.54) is 5.56 Å². The van der Waals surface area contributed by atoms with Gasteiger partial charge in [-0.15, -0.1) is 0 Å². The highest BCUT2D eigenvalue weighted by Gasteiger charge is 2.20. The van der Waals surface area contributed by atoms with Crippen molar-refractivity contribution in [3.8, 4) is 5.75 Å². The second-order valence-electron chi connectivity index (χ2n) is 7.43. The first-order chi connectivity index (χ1) is 13.1. The second kappa shape index (κ2) is 9.40. The molecule has 1 aliphatic heterocycles. The van der Waals surface area contributed by atoms with E-state index in [1.807, 2.05) is 48.7 Å². The van der Waals surface area contributed by atoms with Crippen LogP contribution in [-0.4, -0.2) is 37.1 Å². The second-order valence-corrected chi connectivity index (χ2v) is 7.43. The number of aromatic nitrogens is 1. The highest BCUT2D eigenvalue weighted by molar-refractivity contribution is 5.77. The van der Waals surface area contributed by atoms with Gasteiger partial charge in [0.2, 0.25) is 0 Å². The Morgan fingerprint density at radius 2 is 1.93 bits per heavy atom. The number of amides is 1. The molecule has 3 rings (SSSR count). The van der Waals surface area contributed by atoms with Gasteiger partial charge in [-0.05, 0) is 54.5 Å². The van der Waals surface area contributed by atoms with Crippen molar-refractivity contribution in [2.75, 3.05) is 31.1 Å². The summed E-state index contributed by atoms with van der Waals surface area (Å²) in [5.41, 5.74) is 1.27. The number of hydrogen-bond donors (Lipinski definition) is 1. The molecular weight excluding hydrogens is 338 g/mol. The number of nitrogens with one attached hydrogen (secondary N) is 1. The van der Waals surface area contributed by atoms with E-state index < -0.39 is 0 Å². The first-order valence-corrected chi connectivity index (χ1v) is 9.77. The van der Waals surface area contributed by atoms with Crippen molar-refractivity contribution < 1.29 is 9.53 Å². The number of pyridine rings is 1. The zero-order valence-electron chi connectivity index (χ0n) is 16.2. The minimum absolute atomic E-state index is 0.0601. The van der Waals surface area contributed by atoms with Crippen LogP contribution in [0.3, 0.4) is 0 Å². The first kappa shape index (κ1) is 19.2. The fraction of sp³-hybridized carbons (Fsp3) is 0.455. The Balaban J connectivity index is 1.35. The summed E-state index contributed by atoms with van der Waals surface area (Å²) in [6.07, 6.45) is 3.96. The number of piperidine rings is 1. The van der Waals surface area contributed by atoms with Crippen LogP contribution in [0.5, 0.6) is 5.75 Å². The van der Waals surface area contributed by atoms with Crippen molar-refractivity contribution in [1.29, 1.82) is 0 Å². The third kappa shape index (κ3) is 5.71. The number of rotatable bonds is 7. The molecule has 0 saturated carbocycles. The summed E-state index contributed by atoms with van der Waals surface area (Å²) in [6, 6.07) is 14.0. The van der Waals surface area contributed by atoms with E-state index in [4.69, 9.17) is 4.74 Å². The molecule has 1 amide bonds. The lowest BCUT2D eigenvalue weighted by atomic mass is 9.97. The highest BCUT2D eigenvalue weighted by Crippen LogP contribution is 2.21. The van der Waals surface area contributed by atoms with E-state index in [2.05, 4.69) is 29.0 Å². The number of benzene rings is 1. The van der Waals surface area contributed by atoms with Crippen LogP contribution in [0.15, 0.2) is 48.7 Å². The van der Waals surface area contributed by atoms with Gasteiger partial charge in [-0.25, -0.2) is 4.98 Å². The van der Waals surface area contributed by atoms with Gasteiger partial charge < -0.3 is 15.0 Å². The van der Waals surface area contributed by atoms with Crippen LogP contribution in [-0.2, 0) is 4.79 Å². The zero-order valence-corrected chi connectivity index (χ0v) is 16.2. The van der Waals surface area contributed by atoms with E-state index in [-0.39, 0.29) is 12.5 Å². The lowest BCUT2D eigenvalue weighted by molar-refractivity contribution is -0.123. The summed E-state index contributed by atoms with van der Waals surface area (Å²) in [5.74, 6) is 2.72. The maximum atomic E-state index is 12.1. The average Bonchev–Trinajstić information content (AvgIpc) is 2.72. The Kier molecular flexibility index (Phi) is 6.69. The van der Waals surface area contributed by atoms with Crippen molar-refractivity contribution in [3.05, 3.63) is 54.2 Å². The first-order valence-electron chi connectivity index (χ1n) is 9.77. The Morgan fingerprint density at radius 1 is 1.19 bits per heavy atom. The van der Waals surface area contributed by atoms with E-state index in [9.17, 15) is 4.79 Å². The molecule has 0 radical (unpaired) electrons. The SMILES string of the molecule is CC(C)c1ccc(OCC(=O)NCC2CCN(c3ccccn3)CC2)cc1. The summed E-state index contributed by atoms with van der Waals surface area (Å²) in [6.45, 7) is 7.05. The van der Waals surface area contributed by atoms with E-state index in [0.717, 1.165) is 37.5 Å². The molecule has 2 aromatic rings. The predicted molar refractivity (Wildman–Crippen MR) is 108 cm³/mol. The fourth-order valence-corrected chi connectivity index (χ4v) is 3.31. The van der Waals surface area contributed by atoms with Crippen LogP contribution in [0.1, 0.15) is 38.2 Å². The van der Waals surface area contributed by atoms with Gasteiger partial charge >= 0.3 is 0 Å². The Hall–Kier alpha value is -2.56. The number of ether oxygens (including phenoxy) is 1. The molecule has 0 atom stereocenters. The average molecular weight is 367 g/mol. The van der Waals surface area contributed by atoms with Crippen LogP contribution >= 0.6 is 0 Å². The molecule has 1 aromatic heterocycles. The minimum Gasteiger partial charge on any atom is -0.484 e. The predicted octanol–water partition coefficient (Wildman–Crippen LogP) is 3.62. The highest BCUT2D eigenvalue weighted by atomic mass is 16.5. The lowest BCUT2D eigenvalue weighted by Gasteiger charge is -2.32. The molecule has 1 N–H and O–H groups in total. The third-order valence-corrected chi connectivity index (χ3v) is 5.09. The topological polar surface area (TPSA) is 54.5 Å². The van der Waals surface area contributed by atoms with Gasteiger partial charge in [-0.2, -0.15) is 0 Å². The minimum atomic E-state index is -0.0601. The maximum Gasteiger partial charge on any atom is 0.257 e. The van der Waals surface area contributed by atoms with Crippen molar-refractivity contribution in [3.63, 3.8) is 0 Å². The molecule has 144 valence electrons. The summed E-state index contributed by atoms with van der Waals surface area (Å²) in [4.78, 5) is 18.8. The monoisotopic (exact) mass is 367 g/mol.